The highest BCUT2D eigenvalue weighted by Crippen LogP contribution is 2.43. The van der Waals surface area contributed by atoms with Gasteiger partial charge in [0.2, 0.25) is 5.69 Å². The summed E-state index contributed by atoms with van der Waals surface area (Å²) in [4.78, 5) is 10.6. The van der Waals surface area contributed by atoms with Gasteiger partial charge in [-0.1, -0.05) is 31.4 Å². The SMILES string of the molecule is CCC[N+]1=C(C)C(C)(CCCCCC(=O)O)c2cc(C)ccc21. The average molecular weight is 316 g/mol. The average Bonchev–Trinajstić information content (AvgIpc) is 2.69. The van der Waals surface area contributed by atoms with Gasteiger partial charge in [0.1, 0.15) is 6.54 Å². The summed E-state index contributed by atoms with van der Waals surface area (Å²) in [7, 11) is 0. The van der Waals surface area contributed by atoms with Crippen molar-refractivity contribution in [2.45, 2.75) is 71.6 Å². The molecule has 3 nitrogen and oxygen atoms in total. The van der Waals surface area contributed by atoms with Crippen molar-refractivity contribution in [3.05, 3.63) is 29.3 Å². The second-order valence-corrected chi connectivity index (χ2v) is 7.04. The van der Waals surface area contributed by atoms with Crippen molar-refractivity contribution in [1.82, 2.24) is 0 Å². The first-order valence-electron chi connectivity index (χ1n) is 8.84. The topological polar surface area (TPSA) is 40.3 Å². The van der Waals surface area contributed by atoms with Crippen LogP contribution in [0.5, 0.6) is 0 Å². The molecule has 126 valence electrons. The van der Waals surface area contributed by atoms with E-state index in [4.69, 9.17) is 5.11 Å². The molecule has 1 aliphatic heterocycles. The number of carboxylic acids is 1. The summed E-state index contributed by atoms with van der Waals surface area (Å²) in [5.74, 6) is -0.685. The lowest BCUT2D eigenvalue weighted by Gasteiger charge is -2.22. The Balaban J connectivity index is 2.19. The van der Waals surface area contributed by atoms with Gasteiger partial charge in [-0.2, -0.15) is 4.58 Å². The van der Waals surface area contributed by atoms with E-state index in [1.807, 2.05) is 0 Å². The van der Waals surface area contributed by atoms with E-state index < -0.39 is 5.97 Å². The van der Waals surface area contributed by atoms with Gasteiger partial charge in [-0.25, -0.2) is 0 Å². The maximum absolute atomic E-state index is 10.6. The van der Waals surface area contributed by atoms with Gasteiger partial charge in [-0.15, -0.1) is 0 Å². The predicted molar refractivity (Wildman–Crippen MR) is 95.0 cm³/mol. The molecule has 3 heteroatoms. The lowest BCUT2D eigenvalue weighted by atomic mass is 9.75. The lowest BCUT2D eigenvalue weighted by Crippen LogP contribution is -2.30. The summed E-state index contributed by atoms with van der Waals surface area (Å²) in [6.07, 6.45) is 5.37. The van der Waals surface area contributed by atoms with E-state index in [1.54, 1.807) is 0 Å². The molecule has 0 fully saturated rings. The zero-order valence-corrected chi connectivity index (χ0v) is 15.0. The van der Waals surface area contributed by atoms with Crippen molar-refractivity contribution in [2.75, 3.05) is 6.54 Å². The van der Waals surface area contributed by atoms with Crippen LogP contribution in [0.4, 0.5) is 5.69 Å². The molecule has 1 N–H and O–H groups in total. The van der Waals surface area contributed by atoms with Gasteiger partial charge in [-0.3, -0.25) is 4.79 Å². The van der Waals surface area contributed by atoms with Gasteiger partial charge >= 0.3 is 5.97 Å². The van der Waals surface area contributed by atoms with Crippen LogP contribution in [0.25, 0.3) is 0 Å². The minimum absolute atomic E-state index is 0.0831. The molecule has 1 heterocycles. The molecule has 0 saturated carbocycles. The molecule has 2 rings (SSSR count). The fourth-order valence-corrected chi connectivity index (χ4v) is 3.76. The van der Waals surface area contributed by atoms with E-state index in [0.29, 0.717) is 0 Å². The van der Waals surface area contributed by atoms with Crippen LogP contribution in [0, 0.1) is 6.92 Å². The predicted octanol–water partition coefficient (Wildman–Crippen LogP) is 4.82. The molecule has 0 aliphatic carbocycles. The number of rotatable bonds is 8. The molecule has 0 spiro atoms. The standard InChI is InChI=1S/C20H29NO2/c1-5-13-21-16(3)20(4,12-8-6-7-9-19(22)23)17-14-15(2)10-11-18(17)21/h10-11,14H,5-9,12-13H2,1-4H3/p+1. The second-order valence-electron chi connectivity index (χ2n) is 7.04. The third-order valence-corrected chi connectivity index (χ3v) is 5.26. The molecule has 0 saturated heterocycles. The number of aryl methyl sites for hydroxylation is 1. The molecule has 1 aromatic carbocycles. The van der Waals surface area contributed by atoms with E-state index in [0.717, 1.165) is 38.6 Å². The zero-order chi connectivity index (χ0) is 17.0. The summed E-state index contributed by atoms with van der Waals surface area (Å²) in [6, 6.07) is 6.80. The third-order valence-electron chi connectivity index (χ3n) is 5.26. The van der Waals surface area contributed by atoms with Crippen molar-refractivity contribution in [3.63, 3.8) is 0 Å². The quantitative estimate of drug-likeness (QED) is 0.552. The van der Waals surface area contributed by atoms with E-state index in [9.17, 15) is 4.79 Å². The van der Waals surface area contributed by atoms with Gasteiger partial charge in [-0.05, 0) is 32.8 Å². The van der Waals surface area contributed by atoms with Gasteiger partial charge in [0.05, 0.1) is 5.41 Å². The maximum Gasteiger partial charge on any atom is 0.303 e. The van der Waals surface area contributed by atoms with Crippen molar-refractivity contribution < 1.29 is 14.5 Å². The zero-order valence-electron chi connectivity index (χ0n) is 15.0. The fourth-order valence-electron chi connectivity index (χ4n) is 3.76. The number of hydrogen-bond acceptors (Lipinski definition) is 1. The Morgan fingerprint density at radius 3 is 2.61 bits per heavy atom. The summed E-state index contributed by atoms with van der Waals surface area (Å²) in [6.45, 7) is 10.1. The van der Waals surface area contributed by atoms with Crippen LogP contribution in [0.2, 0.25) is 0 Å². The Hall–Kier alpha value is -1.64. The number of carboxylic acid groups (broad SMARTS) is 1. The Morgan fingerprint density at radius 1 is 1.22 bits per heavy atom. The molecule has 0 amide bonds. The van der Waals surface area contributed by atoms with Gasteiger partial charge < -0.3 is 5.11 Å². The summed E-state index contributed by atoms with van der Waals surface area (Å²) in [5.41, 5.74) is 5.65. The third kappa shape index (κ3) is 3.65. The van der Waals surface area contributed by atoms with Crippen molar-refractivity contribution in [2.24, 2.45) is 0 Å². The minimum atomic E-state index is -0.685. The first-order valence-corrected chi connectivity index (χ1v) is 8.84. The molecule has 23 heavy (non-hydrogen) atoms. The maximum atomic E-state index is 10.6. The van der Waals surface area contributed by atoms with E-state index in [1.165, 1.54) is 22.5 Å². The highest BCUT2D eigenvalue weighted by molar-refractivity contribution is 5.93. The molecular weight excluding hydrogens is 286 g/mol. The van der Waals surface area contributed by atoms with Gasteiger partial charge in [0, 0.05) is 31.4 Å². The molecule has 1 aromatic rings. The lowest BCUT2D eigenvalue weighted by molar-refractivity contribution is -0.439. The number of fused-ring (bicyclic) bond motifs is 1. The Kier molecular flexibility index (Phi) is 5.61. The minimum Gasteiger partial charge on any atom is -0.481 e. The smallest absolute Gasteiger partial charge is 0.303 e. The second kappa shape index (κ2) is 7.29. The molecule has 1 unspecified atom stereocenters. The number of aliphatic carboxylic acids is 1. The van der Waals surface area contributed by atoms with Crippen molar-refractivity contribution in [3.8, 4) is 0 Å². The molecular formula is C20H30NO2+. The van der Waals surface area contributed by atoms with E-state index >= 15 is 0 Å². The van der Waals surface area contributed by atoms with Crippen LogP contribution in [-0.4, -0.2) is 27.9 Å². The Labute approximate surface area is 140 Å². The summed E-state index contributed by atoms with van der Waals surface area (Å²) >= 11 is 0. The summed E-state index contributed by atoms with van der Waals surface area (Å²) < 4.78 is 2.48. The Morgan fingerprint density at radius 2 is 1.96 bits per heavy atom. The number of carbonyl (C=O) groups is 1. The van der Waals surface area contributed by atoms with Crippen LogP contribution in [0.15, 0.2) is 18.2 Å². The highest BCUT2D eigenvalue weighted by Gasteiger charge is 2.45. The van der Waals surface area contributed by atoms with Crippen molar-refractivity contribution >= 4 is 17.4 Å². The van der Waals surface area contributed by atoms with Gasteiger partial charge in [0.25, 0.3) is 0 Å². The van der Waals surface area contributed by atoms with E-state index in [2.05, 4.69) is 50.5 Å². The first kappa shape index (κ1) is 17.7. The van der Waals surface area contributed by atoms with Crippen LogP contribution in [0.3, 0.4) is 0 Å². The van der Waals surface area contributed by atoms with Gasteiger partial charge in [0.15, 0.2) is 5.71 Å². The number of hydrogen-bond donors (Lipinski definition) is 1. The van der Waals surface area contributed by atoms with Crippen LogP contribution < -0.4 is 0 Å². The highest BCUT2D eigenvalue weighted by atomic mass is 16.4. The molecule has 1 aliphatic rings. The largest absolute Gasteiger partial charge is 0.481 e. The number of unbranched alkanes of at least 4 members (excludes halogenated alkanes) is 2. The Bertz CT molecular complexity index is 618. The van der Waals surface area contributed by atoms with E-state index in [-0.39, 0.29) is 11.8 Å². The monoisotopic (exact) mass is 316 g/mol. The molecule has 0 aromatic heterocycles. The van der Waals surface area contributed by atoms with Crippen molar-refractivity contribution in [1.29, 1.82) is 0 Å². The first-order chi connectivity index (χ1) is 10.9. The fraction of sp³-hybridized carbons (Fsp3) is 0.600. The van der Waals surface area contributed by atoms with Crippen LogP contribution in [-0.2, 0) is 10.2 Å². The van der Waals surface area contributed by atoms with Crippen LogP contribution >= 0.6 is 0 Å². The number of benzene rings is 1. The molecule has 0 bridgehead atoms. The number of nitrogens with zero attached hydrogens (tertiary/aromatic N) is 1. The summed E-state index contributed by atoms with van der Waals surface area (Å²) in [5, 5.41) is 8.76. The molecule has 0 radical (unpaired) electrons. The van der Waals surface area contributed by atoms with Crippen LogP contribution in [0.1, 0.15) is 70.4 Å². The molecule has 1 atom stereocenters. The normalized spacial score (nSPS) is 20.0.